The van der Waals surface area contributed by atoms with Crippen LogP contribution in [0.4, 0.5) is 5.69 Å². The summed E-state index contributed by atoms with van der Waals surface area (Å²) in [5, 5.41) is 2.76. The number of methoxy groups -OCH3 is 1. The lowest BCUT2D eigenvalue weighted by Crippen LogP contribution is -2.15. The first kappa shape index (κ1) is 18.9. The molecule has 0 bridgehead atoms. The van der Waals surface area contributed by atoms with Gasteiger partial charge in [0.2, 0.25) is 5.91 Å². The molecule has 0 unspecified atom stereocenters. The highest BCUT2D eigenvalue weighted by atomic mass is 32.1. The van der Waals surface area contributed by atoms with Gasteiger partial charge in [0.25, 0.3) is 0 Å². The number of aryl methyl sites for hydroxylation is 3. The first-order valence-electron chi connectivity index (χ1n) is 7.91. The minimum Gasteiger partial charge on any atom is -0.465 e. The van der Waals surface area contributed by atoms with Gasteiger partial charge >= 0.3 is 5.97 Å². The van der Waals surface area contributed by atoms with Gasteiger partial charge in [-0.2, -0.15) is 0 Å². The van der Waals surface area contributed by atoms with Crippen LogP contribution in [-0.2, 0) is 9.53 Å². The van der Waals surface area contributed by atoms with Crippen LogP contribution >= 0.6 is 11.3 Å². The Balaban J connectivity index is 1.99. The molecule has 0 fully saturated rings. The number of carbonyl (C=O) groups is 3. The molecular weight excluding hydrogens is 338 g/mol. The predicted molar refractivity (Wildman–Crippen MR) is 98.5 cm³/mol. The summed E-state index contributed by atoms with van der Waals surface area (Å²) in [6.07, 6.45) is 0.244. The number of ether oxygens (including phenoxy) is 1. The molecule has 0 atom stereocenters. The van der Waals surface area contributed by atoms with E-state index in [2.05, 4.69) is 10.1 Å². The zero-order chi connectivity index (χ0) is 18.6. The maximum Gasteiger partial charge on any atom is 0.337 e. The molecule has 0 aliphatic heterocycles. The van der Waals surface area contributed by atoms with E-state index in [1.807, 2.05) is 26.8 Å². The van der Waals surface area contributed by atoms with E-state index in [1.54, 1.807) is 29.5 Å². The van der Waals surface area contributed by atoms with Gasteiger partial charge in [-0.3, -0.25) is 9.59 Å². The SMILES string of the molecule is COC(=O)c1ccc(C)c(NC(=O)CCC(=O)c2cc(C)sc2C)c1. The second-order valence-corrected chi connectivity index (χ2v) is 7.28. The highest BCUT2D eigenvalue weighted by molar-refractivity contribution is 7.12. The van der Waals surface area contributed by atoms with Crippen molar-refractivity contribution in [2.24, 2.45) is 0 Å². The lowest BCUT2D eigenvalue weighted by molar-refractivity contribution is -0.116. The fourth-order valence-corrected chi connectivity index (χ4v) is 3.43. The minimum absolute atomic E-state index is 0.0305. The second kappa shape index (κ2) is 8.07. The second-order valence-electron chi connectivity index (χ2n) is 5.82. The monoisotopic (exact) mass is 359 g/mol. The molecule has 0 spiro atoms. The highest BCUT2D eigenvalue weighted by Gasteiger charge is 2.15. The van der Waals surface area contributed by atoms with E-state index < -0.39 is 5.97 Å². The molecule has 6 heteroatoms. The molecule has 0 aliphatic rings. The standard InChI is InChI=1S/C19H21NO4S/c1-11-5-6-14(19(23)24-4)10-16(11)20-18(22)8-7-17(21)15-9-12(2)25-13(15)3/h5-6,9-10H,7-8H2,1-4H3,(H,20,22). The van der Waals surface area contributed by atoms with Crippen LogP contribution in [0.25, 0.3) is 0 Å². The van der Waals surface area contributed by atoms with Crippen molar-refractivity contribution < 1.29 is 19.1 Å². The number of Topliss-reactive ketones (excluding diaryl/α,β-unsaturated/α-hetero) is 1. The molecule has 1 heterocycles. The summed E-state index contributed by atoms with van der Waals surface area (Å²) in [5.74, 6) is -0.755. The molecular formula is C19H21NO4S. The van der Waals surface area contributed by atoms with Crippen LogP contribution in [-0.4, -0.2) is 24.8 Å². The normalized spacial score (nSPS) is 10.4. The number of hydrogen-bond acceptors (Lipinski definition) is 5. The quantitative estimate of drug-likeness (QED) is 0.623. The van der Waals surface area contributed by atoms with E-state index >= 15 is 0 Å². The molecule has 1 N–H and O–H groups in total. The number of thiophene rings is 1. The van der Waals surface area contributed by atoms with Crippen molar-refractivity contribution in [1.82, 2.24) is 0 Å². The number of benzene rings is 1. The van der Waals surface area contributed by atoms with Crippen molar-refractivity contribution in [1.29, 1.82) is 0 Å². The van der Waals surface area contributed by atoms with E-state index in [4.69, 9.17) is 0 Å². The maximum atomic E-state index is 12.3. The Kier molecular flexibility index (Phi) is 6.09. The Morgan fingerprint density at radius 2 is 1.80 bits per heavy atom. The molecule has 25 heavy (non-hydrogen) atoms. The molecule has 0 radical (unpaired) electrons. The summed E-state index contributed by atoms with van der Waals surface area (Å²) in [4.78, 5) is 38.1. The van der Waals surface area contributed by atoms with Gasteiger partial charge in [0.05, 0.1) is 12.7 Å². The van der Waals surface area contributed by atoms with E-state index in [9.17, 15) is 14.4 Å². The molecule has 0 saturated heterocycles. The summed E-state index contributed by atoms with van der Waals surface area (Å²) in [7, 11) is 1.31. The van der Waals surface area contributed by atoms with Crippen molar-refractivity contribution in [3.8, 4) is 0 Å². The number of nitrogens with one attached hydrogen (secondary N) is 1. The van der Waals surface area contributed by atoms with Gasteiger partial charge in [0.15, 0.2) is 5.78 Å². The molecule has 132 valence electrons. The average Bonchev–Trinajstić information content (AvgIpc) is 2.92. The van der Waals surface area contributed by atoms with Crippen LogP contribution < -0.4 is 5.32 Å². The number of esters is 1. The van der Waals surface area contributed by atoms with E-state index in [0.717, 1.165) is 15.3 Å². The van der Waals surface area contributed by atoms with Gasteiger partial charge in [0, 0.05) is 33.8 Å². The molecule has 1 amide bonds. The summed E-state index contributed by atoms with van der Waals surface area (Å²) < 4.78 is 4.68. The number of anilines is 1. The largest absolute Gasteiger partial charge is 0.465 e. The van der Waals surface area contributed by atoms with Gasteiger partial charge in [-0.05, 0) is 44.5 Å². The molecule has 2 rings (SSSR count). The molecule has 1 aromatic heterocycles. The van der Waals surface area contributed by atoms with Crippen molar-refractivity contribution in [2.45, 2.75) is 33.6 Å². The Labute approximate surface area is 151 Å². The molecule has 5 nitrogen and oxygen atoms in total. The number of carbonyl (C=O) groups excluding carboxylic acids is 3. The summed E-state index contributed by atoms with van der Waals surface area (Å²) in [6, 6.07) is 6.82. The maximum absolute atomic E-state index is 12.3. The lowest BCUT2D eigenvalue weighted by Gasteiger charge is -2.10. The fraction of sp³-hybridized carbons (Fsp3) is 0.316. The van der Waals surface area contributed by atoms with Crippen LogP contribution in [0.15, 0.2) is 24.3 Å². The molecule has 0 saturated carbocycles. The van der Waals surface area contributed by atoms with Crippen molar-refractivity contribution in [2.75, 3.05) is 12.4 Å². The fourth-order valence-electron chi connectivity index (χ4n) is 2.48. The predicted octanol–water partition coefficient (Wildman–Crippen LogP) is 4.06. The Morgan fingerprint density at radius 3 is 2.40 bits per heavy atom. The third-order valence-corrected chi connectivity index (χ3v) is 4.82. The first-order chi connectivity index (χ1) is 11.8. The zero-order valence-corrected chi connectivity index (χ0v) is 15.6. The smallest absolute Gasteiger partial charge is 0.337 e. The highest BCUT2D eigenvalue weighted by Crippen LogP contribution is 2.23. The zero-order valence-electron chi connectivity index (χ0n) is 14.8. The van der Waals surface area contributed by atoms with Crippen LogP contribution in [0, 0.1) is 20.8 Å². The van der Waals surface area contributed by atoms with E-state index in [-0.39, 0.29) is 24.5 Å². The third kappa shape index (κ3) is 4.76. The van der Waals surface area contributed by atoms with Crippen LogP contribution in [0.2, 0.25) is 0 Å². The van der Waals surface area contributed by atoms with Crippen LogP contribution in [0.5, 0.6) is 0 Å². The molecule has 0 aliphatic carbocycles. The first-order valence-corrected chi connectivity index (χ1v) is 8.72. The topological polar surface area (TPSA) is 72.5 Å². The molecule has 2 aromatic rings. The van der Waals surface area contributed by atoms with Gasteiger partial charge in [-0.15, -0.1) is 11.3 Å². The summed E-state index contributed by atoms with van der Waals surface area (Å²) in [6.45, 7) is 5.70. The number of ketones is 1. The number of amides is 1. The van der Waals surface area contributed by atoms with Crippen molar-refractivity contribution in [3.63, 3.8) is 0 Å². The van der Waals surface area contributed by atoms with E-state index in [1.165, 1.54) is 7.11 Å². The summed E-state index contributed by atoms with van der Waals surface area (Å²) >= 11 is 1.58. The Bertz CT molecular complexity index is 823. The van der Waals surface area contributed by atoms with Crippen molar-refractivity contribution in [3.05, 3.63) is 50.7 Å². The molecule has 1 aromatic carbocycles. The Morgan fingerprint density at radius 1 is 1.08 bits per heavy atom. The minimum atomic E-state index is -0.464. The van der Waals surface area contributed by atoms with E-state index in [0.29, 0.717) is 16.8 Å². The van der Waals surface area contributed by atoms with Crippen LogP contribution in [0.1, 0.15) is 48.9 Å². The van der Waals surface area contributed by atoms with Gasteiger partial charge < -0.3 is 10.1 Å². The lowest BCUT2D eigenvalue weighted by atomic mass is 10.1. The van der Waals surface area contributed by atoms with Gasteiger partial charge in [-0.1, -0.05) is 6.07 Å². The van der Waals surface area contributed by atoms with Gasteiger partial charge in [-0.25, -0.2) is 4.79 Å². The third-order valence-electron chi connectivity index (χ3n) is 3.85. The van der Waals surface area contributed by atoms with Crippen LogP contribution in [0.3, 0.4) is 0 Å². The average molecular weight is 359 g/mol. The van der Waals surface area contributed by atoms with Crippen molar-refractivity contribution >= 4 is 34.7 Å². The summed E-state index contributed by atoms with van der Waals surface area (Å²) in [5.41, 5.74) is 2.43. The number of hydrogen-bond donors (Lipinski definition) is 1. The Hall–Kier alpha value is -2.47. The number of rotatable bonds is 6. The van der Waals surface area contributed by atoms with Gasteiger partial charge in [0.1, 0.15) is 0 Å².